The van der Waals surface area contributed by atoms with Gasteiger partial charge in [-0.2, -0.15) is 5.26 Å². The van der Waals surface area contributed by atoms with Crippen molar-refractivity contribution in [2.24, 2.45) is 16.7 Å². The first-order valence-electron chi connectivity index (χ1n) is 16.5. The van der Waals surface area contributed by atoms with Crippen LogP contribution in [-0.4, -0.2) is 81.7 Å². The van der Waals surface area contributed by atoms with E-state index in [9.17, 15) is 14.9 Å². The maximum Gasteiger partial charge on any atom is 0.410 e. The van der Waals surface area contributed by atoms with Crippen molar-refractivity contribution in [2.45, 2.75) is 91.6 Å². The van der Waals surface area contributed by atoms with Crippen LogP contribution in [0.2, 0.25) is 5.02 Å². The number of hydrogen-bond donors (Lipinski definition) is 0. The molecule has 0 radical (unpaired) electrons. The van der Waals surface area contributed by atoms with Gasteiger partial charge >= 0.3 is 6.09 Å². The highest BCUT2D eigenvalue weighted by Crippen LogP contribution is 2.59. The molecule has 0 bridgehead atoms. The van der Waals surface area contributed by atoms with Crippen LogP contribution >= 0.6 is 11.6 Å². The summed E-state index contributed by atoms with van der Waals surface area (Å²) in [5, 5.41) is 9.58. The number of benzene rings is 1. The Hall–Kier alpha value is -3.79. The number of carbonyl (C=O) groups excluding carboxylic acids is 2. The van der Waals surface area contributed by atoms with Crippen LogP contribution in [0.15, 0.2) is 30.3 Å². The van der Waals surface area contributed by atoms with Crippen LogP contribution in [0.3, 0.4) is 0 Å². The van der Waals surface area contributed by atoms with E-state index in [0.29, 0.717) is 46.1 Å². The molecular weight excluding hydrogens is 614 g/mol. The molecule has 0 atom stereocenters. The molecule has 3 aliphatic heterocycles. The maximum atomic E-state index is 13.7. The molecule has 0 N–H and O–H groups in total. The lowest BCUT2D eigenvalue weighted by Crippen LogP contribution is -2.74. The molecule has 47 heavy (non-hydrogen) atoms. The fourth-order valence-electron chi connectivity index (χ4n) is 8.24. The lowest BCUT2D eigenvalue weighted by molar-refractivity contribution is -0.199. The minimum Gasteiger partial charge on any atom is -0.489 e. The second-order valence-electron chi connectivity index (χ2n) is 15.5. The van der Waals surface area contributed by atoms with Crippen LogP contribution in [0.1, 0.15) is 88.6 Å². The van der Waals surface area contributed by atoms with Gasteiger partial charge in [-0.3, -0.25) is 9.69 Å². The summed E-state index contributed by atoms with van der Waals surface area (Å²) in [6.45, 7) is 18.0. The second-order valence-corrected chi connectivity index (χ2v) is 15.9. The van der Waals surface area contributed by atoms with E-state index in [4.69, 9.17) is 26.1 Å². The van der Waals surface area contributed by atoms with E-state index in [2.05, 4.69) is 50.5 Å². The Balaban J connectivity index is 1.04. The summed E-state index contributed by atoms with van der Waals surface area (Å²) in [6, 6.07) is 11.3. The number of amides is 2. The molecule has 1 aromatic heterocycles. The summed E-state index contributed by atoms with van der Waals surface area (Å²) < 4.78 is 11.9. The van der Waals surface area contributed by atoms with E-state index < -0.39 is 5.60 Å². The average molecular weight is 658 g/mol. The average Bonchev–Trinajstić information content (AvgIpc) is 3.27. The molecular formula is C37H44ClN5O4. The number of pyridine rings is 1. The van der Waals surface area contributed by atoms with Crippen molar-refractivity contribution < 1.29 is 19.1 Å². The number of rotatable bonds is 4. The monoisotopic (exact) mass is 657 g/mol. The maximum absolute atomic E-state index is 13.7. The van der Waals surface area contributed by atoms with Gasteiger partial charge in [0, 0.05) is 48.0 Å². The Kier molecular flexibility index (Phi) is 8.47. The fourth-order valence-corrected chi connectivity index (χ4v) is 8.45. The predicted molar refractivity (Wildman–Crippen MR) is 179 cm³/mol. The molecule has 0 spiro atoms. The van der Waals surface area contributed by atoms with Crippen LogP contribution < -0.4 is 4.74 Å². The minimum atomic E-state index is -0.476. The van der Waals surface area contributed by atoms with Gasteiger partial charge in [0.2, 0.25) is 0 Å². The molecule has 2 saturated heterocycles. The van der Waals surface area contributed by atoms with Gasteiger partial charge in [0.1, 0.15) is 29.2 Å². The molecule has 4 heterocycles. The largest absolute Gasteiger partial charge is 0.489 e. The van der Waals surface area contributed by atoms with Crippen molar-refractivity contribution in [2.75, 3.05) is 26.2 Å². The van der Waals surface area contributed by atoms with E-state index in [-0.39, 0.29) is 35.0 Å². The number of carbonyl (C=O) groups is 2. The number of likely N-dealkylation sites (tertiary alicyclic amines) is 2. The third-order valence-electron chi connectivity index (χ3n) is 10.1. The van der Waals surface area contributed by atoms with Crippen LogP contribution in [0.5, 0.6) is 5.75 Å². The third kappa shape index (κ3) is 6.28. The molecule has 0 unspecified atom stereocenters. The number of nitriles is 1. The van der Waals surface area contributed by atoms with Gasteiger partial charge in [-0.25, -0.2) is 9.78 Å². The van der Waals surface area contributed by atoms with Crippen molar-refractivity contribution in [3.8, 4) is 23.7 Å². The topological polar surface area (TPSA) is 99.0 Å². The lowest BCUT2D eigenvalue weighted by atomic mass is 9.49. The zero-order chi connectivity index (χ0) is 33.9. The molecule has 10 heteroatoms. The summed E-state index contributed by atoms with van der Waals surface area (Å²) in [4.78, 5) is 37.0. The van der Waals surface area contributed by atoms with Crippen molar-refractivity contribution in [3.63, 3.8) is 0 Å². The summed E-state index contributed by atoms with van der Waals surface area (Å²) in [5.74, 6) is 7.64. The molecule has 9 nitrogen and oxygen atoms in total. The smallest absolute Gasteiger partial charge is 0.410 e. The van der Waals surface area contributed by atoms with E-state index in [0.717, 1.165) is 44.7 Å². The predicted octanol–water partition coefficient (Wildman–Crippen LogP) is 6.13. The Morgan fingerprint density at radius 1 is 1.06 bits per heavy atom. The fraction of sp³-hybridized carbons (Fsp3) is 0.568. The highest BCUT2D eigenvalue weighted by Gasteiger charge is 2.67. The van der Waals surface area contributed by atoms with Gasteiger partial charge in [0.25, 0.3) is 5.91 Å². The normalized spacial score (nSPS) is 23.9. The first kappa shape index (κ1) is 33.1. The quantitative estimate of drug-likeness (QED) is 0.365. The van der Waals surface area contributed by atoms with Crippen molar-refractivity contribution in [1.29, 1.82) is 5.26 Å². The van der Waals surface area contributed by atoms with Gasteiger partial charge in [0.05, 0.1) is 28.4 Å². The number of halogens is 1. The second kappa shape index (κ2) is 12.0. The van der Waals surface area contributed by atoms with Crippen molar-refractivity contribution >= 4 is 23.6 Å². The van der Waals surface area contributed by atoms with Crippen LogP contribution in [0.25, 0.3) is 0 Å². The number of fused-ring (bicyclic) bond motifs is 1. The molecule has 2 amide bonds. The van der Waals surface area contributed by atoms with E-state index in [1.165, 1.54) is 0 Å². The van der Waals surface area contributed by atoms with E-state index >= 15 is 0 Å². The number of hydrogen-bond acceptors (Lipinski definition) is 7. The summed E-state index contributed by atoms with van der Waals surface area (Å²) in [5.41, 5.74) is 1.35. The van der Waals surface area contributed by atoms with Crippen molar-refractivity contribution in [3.05, 3.63) is 57.9 Å². The summed E-state index contributed by atoms with van der Waals surface area (Å²) in [6.07, 6.45) is 1.56. The number of aromatic nitrogens is 1. The molecule has 248 valence electrons. The zero-order valence-electron chi connectivity index (χ0n) is 28.4. The molecule has 1 aromatic carbocycles. The molecule has 4 aliphatic rings. The standard InChI is InChI=1S/C37H44ClN5O4/c1-35(2,3)47-34(45)42-20-26(21-42)41-16-14-23(15-17-41)8-10-25-11-13-28-30(40-25)22-43(31(28)44)32-36(4,5)33(37(32,6)7)46-27-12-9-24(19-39)29(38)18-27/h9,11-13,18,23,26,32-33H,14-17,20-22H2,1-7H3/t32-,33-. The van der Waals surface area contributed by atoms with Gasteiger partial charge in [0.15, 0.2) is 0 Å². The Bertz CT molecular complexity index is 1670. The number of nitrogens with zero attached hydrogens (tertiary/aromatic N) is 5. The molecule has 3 fully saturated rings. The summed E-state index contributed by atoms with van der Waals surface area (Å²) >= 11 is 6.26. The number of ether oxygens (including phenoxy) is 2. The molecule has 1 saturated carbocycles. The lowest BCUT2D eigenvalue weighted by Gasteiger charge is -2.65. The Labute approximate surface area is 283 Å². The molecule has 2 aromatic rings. The number of piperidine rings is 1. The van der Waals surface area contributed by atoms with Crippen LogP contribution in [-0.2, 0) is 11.3 Å². The van der Waals surface area contributed by atoms with Crippen LogP contribution in [0, 0.1) is 39.9 Å². The van der Waals surface area contributed by atoms with E-state index in [1.54, 1.807) is 23.1 Å². The first-order chi connectivity index (χ1) is 22.1. The molecule has 1 aliphatic carbocycles. The third-order valence-corrected chi connectivity index (χ3v) is 10.5. The first-order valence-corrected chi connectivity index (χ1v) is 16.9. The SMILES string of the molecule is CC(C)(C)OC(=O)N1CC(N2CCC(C#Cc3ccc4c(n3)CN([C@H]3C(C)(C)[C@H](Oc5ccc(C#N)c(Cl)c5)C3(C)C)C4=O)CC2)C1. The highest BCUT2D eigenvalue weighted by molar-refractivity contribution is 6.31. The van der Waals surface area contributed by atoms with Gasteiger partial charge in [-0.05, 0) is 76.9 Å². The Morgan fingerprint density at radius 2 is 1.74 bits per heavy atom. The van der Waals surface area contributed by atoms with Gasteiger partial charge in [-0.15, -0.1) is 0 Å². The Morgan fingerprint density at radius 3 is 2.36 bits per heavy atom. The van der Waals surface area contributed by atoms with Crippen LogP contribution in [0.4, 0.5) is 4.79 Å². The summed E-state index contributed by atoms with van der Waals surface area (Å²) in [7, 11) is 0. The van der Waals surface area contributed by atoms with E-state index in [1.807, 2.05) is 37.8 Å². The highest BCUT2D eigenvalue weighted by atomic mass is 35.5. The van der Waals surface area contributed by atoms with Gasteiger partial charge in [-0.1, -0.05) is 45.2 Å². The van der Waals surface area contributed by atoms with Crippen molar-refractivity contribution in [1.82, 2.24) is 19.7 Å². The molecule has 6 rings (SSSR count). The minimum absolute atomic E-state index is 0.00775. The zero-order valence-corrected chi connectivity index (χ0v) is 29.1. The van der Waals surface area contributed by atoms with Gasteiger partial charge < -0.3 is 19.3 Å².